The number of nitrogens with zero attached hydrogens (tertiary/aromatic N) is 2. The van der Waals surface area contributed by atoms with Gasteiger partial charge in [-0.25, -0.2) is 0 Å². The van der Waals surface area contributed by atoms with Crippen molar-refractivity contribution >= 4 is 28.5 Å². The van der Waals surface area contributed by atoms with Crippen molar-refractivity contribution < 1.29 is 14.0 Å². The van der Waals surface area contributed by atoms with Crippen LogP contribution in [0.25, 0.3) is 11.0 Å². The van der Waals surface area contributed by atoms with Crippen molar-refractivity contribution in [3.05, 3.63) is 75.6 Å². The van der Waals surface area contributed by atoms with E-state index >= 15 is 0 Å². The molecular weight excluding hydrogens is 468 g/mol. The number of piperazine rings is 1. The van der Waals surface area contributed by atoms with Crippen LogP contribution in [0.5, 0.6) is 0 Å². The van der Waals surface area contributed by atoms with Gasteiger partial charge in [-0.1, -0.05) is 23.8 Å². The van der Waals surface area contributed by atoms with E-state index in [1.807, 2.05) is 17.9 Å². The van der Waals surface area contributed by atoms with Gasteiger partial charge in [0.1, 0.15) is 11.1 Å². The molecule has 5 rings (SSSR count). The maximum atomic E-state index is 14.0. The van der Waals surface area contributed by atoms with Gasteiger partial charge in [-0.15, -0.1) is 0 Å². The Hall–Kier alpha value is -3.65. The highest BCUT2D eigenvalue weighted by Gasteiger charge is 2.45. The number of benzene rings is 2. The third-order valence-corrected chi connectivity index (χ3v) is 7.57. The van der Waals surface area contributed by atoms with Crippen molar-refractivity contribution in [2.45, 2.75) is 45.2 Å². The van der Waals surface area contributed by atoms with Crippen LogP contribution in [0.3, 0.4) is 0 Å². The first-order valence-corrected chi connectivity index (χ1v) is 13.0. The Morgan fingerprint density at radius 2 is 1.78 bits per heavy atom. The van der Waals surface area contributed by atoms with Crippen molar-refractivity contribution in [1.82, 2.24) is 15.5 Å². The van der Waals surface area contributed by atoms with Crippen LogP contribution in [0.2, 0.25) is 0 Å². The van der Waals surface area contributed by atoms with Gasteiger partial charge in [-0.2, -0.15) is 0 Å². The highest BCUT2D eigenvalue weighted by atomic mass is 16.3. The largest absolute Gasteiger partial charge is 0.451 e. The van der Waals surface area contributed by atoms with Gasteiger partial charge in [-0.05, 0) is 76.5 Å². The minimum atomic E-state index is -1.05. The van der Waals surface area contributed by atoms with Gasteiger partial charge in [0.2, 0.25) is 5.91 Å². The smallest absolute Gasteiger partial charge is 0.288 e. The molecule has 2 aliphatic heterocycles. The lowest BCUT2D eigenvalue weighted by molar-refractivity contribution is -0.140. The number of hydrogen-bond acceptors (Lipinski definition) is 6. The van der Waals surface area contributed by atoms with Crippen LogP contribution in [0.15, 0.2) is 57.7 Å². The Labute approximate surface area is 216 Å². The van der Waals surface area contributed by atoms with E-state index in [1.54, 1.807) is 12.1 Å². The third kappa shape index (κ3) is 4.98. The zero-order valence-corrected chi connectivity index (χ0v) is 21.7. The molecule has 2 fully saturated rings. The first-order chi connectivity index (χ1) is 17.8. The first kappa shape index (κ1) is 25.0. The fourth-order valence-electron chi connectivity index (χ4n) is 5.54. The fraction of sp³-hybridized carbons (Fsp3) is 0.414. The molecule has 0 bridgehead atoms. The molecule has 0 radical (unpaired) electrons. The fourth-order valence-corrected chi connectivity index (χ4v) is 5.54. The molecule has 2 N–H and O–H groups in total. The molecule has 1 atom stereocenters. The summed E-state index contributed by atoms with van der Waals surface area (Å²) >= 11 is 0. The second-order valence-electron chi connectivity index (χ2n) is 10.4. The van der Waals surface area contributed by atoms with Gasteiger partial charge < -0.3 is 24.9 Å². The van der Waals surface area contributed by atoms with E-state index in [-0.39, 0.29) is 23.1 Å². The van der Waals surface area contributed by atoms with Crippen LogP contribution in [0.1, 0.15) is 41.4 Å². The van der Waals surface area contributed by atoms with Gasteiger partial charge >= 0.3 is 0 Å². The van der Waals surface area contributed by atoms with Crippen molar-refractivity contribution in [2.24, 2.45) is 0 Å². The van der Waals surface area contributed by atoms with E-state index in [4.69, 9.17) is 4.42 Å². The number of nitrogens with one attached hydrogen (secondary N) is 2. The molecule has 8 heteroatoms. The Kier molecular flexibility index (Phi) is 6.77. The zero-order chi connectivity index (χ0) is 26.2. The molecule has 3 aromatic rings. The van der Waals surface area contributed by atoms with Crippen LogP contribution in [0, 0.1) is 13.8 Å². The quantitative estimate of drug-likeness (QED) is 0.570. The van der Waals surface area contributed by atoms with Gasteiger partial charge in [0.15, 0.2) is 11.2 Å². The number of hydrogen-bond donors (Lipinski definition) is 2. The molecule has 1 unspecified atom stereocenters. The lowest BCUT2D eigenvalue weighted by Gasteiger charge is -2.46. The summed E-state index contributed by atoms with van der Waals surface area (Å²) in [5.41, 5.74) is 2.33. The minimum absolute atomic E-state index is 0.0724. The van der Waals surface area contributed by atoms with Crippen LogP contribution >= 0.6 is 0 Å². The number of carbonyl (C=O) groups excluding carboxylic acids is 2. The minimum Gasteiger partial charge on any atom is -0.451 e. The van der Waals surface area contributed by atoms with Crippen molar-refractivity contribution in [3.63, 3.8) is 0 Å². The molecule has 0 saturated carbocycles. The number of amides is 2. The van der Waals surface area contributed by atoms with Crippen molar-refractivity contribution in [3.8, 4) is 0 Å². The Morgan fingerprint density at radius 3 is 2.51 bits per heavy atom. The molecule has 0 aliphatic carbocycles. The van der Waals surface area contributed by atoms with Gasteiger partial charge in [0.25, 0.3) is 5.91 Å². The molecule has 194 valence electrons. The SMILES string of the molecule is Cc1cccc(N2CCN(C(=O)C3(NC(=O)c4cc(=O)c5cc(C)ccc5o4)CCNCC3)CC2C)c1. The standard InChI is InChI=1S/C29H34N4O4/c1-19-5-4-6-22(15-19)33-14-13-32(18-21(33)3)28(36)29(9-11-30-12-10-29)31-27(35)26-17-24(34)23-16-20(2)7-8-25(23)37-26/h4-8,15-17,21,30H,9-14,18H2,1-3H3,(H,31,35). The lowest BCUT2D eigenvalue weighted by Crippen LogP contribution is -2.66. The van der Waals surface area contributed by atoms with Crippen LogP contribution < -0.4 is 21.0 Å². The molecule has 2 aliphatic rings. The summed E-state index contributed by atoms with van der Waals surface area (Å²) in [6.45, 7) is 9.20. The van der Waals surface area contributed by atoms with Gasteiger partial charge in [-0.3, -0.25) is 14.4 Å². The number of fused-ring (bicyclic) bond motifs is 1. The second kappa shape index (κ2) is 10.0. The summed E-state index contributed by atoms with van der Waals surface area (Å²) in [5.74, 6) is -0.692. The normalized spacial score (nSPS) is 19.6. The molecule has 0 spiro atoms. The van der Waals surface area contributed by atoms with Crippen molar-refractivity contribution in [1.29, 1.82) is 0 Å². The summed E-state index contributed by atoms with van der Waals surface area (Å²) < 4.78 is 5.80. The number of piperidine rings is 1. The van der Waals surface area contributed by atoms with Gasteiger partial charge in [0.05, 0.1) is 5.39 Å². The summed E-state index contributed by atoms with van der Waals surface area (Å²) in [4.78, 5) is 44.2. The van der Waals surface area contributed by atoms with Gasteiger partial charge in [0, 0.05) is 37.4 Å². The van der Waals surface area contributed by atoms with E-state index in [2.05, 4.69) is 53.6 Å². The number of aryl methyl sites for hydroxylation is 2. The Bertz CT molecular complexity index is 1390. The summed E-state index contributed by atoms with van der Waals surface area (Å²) in [6, 6.07) is 15.0. The molecule has 8 nitrogen and oxygen atoms in total. The molecule has 2 aromatic carbocycles. The van der Waals surface area contributed by atoms with E-state index in [0.29, 0.717) is 50.0 Å². The van der Waals surface area contributed by atoms with Crippen LogP contribution in [-0.4, -0.2) is 61.0 Å². The Balaban J connectivity index is 1.36. The lowest BCUT2D eigenvalue weighted by atomic mass is 9.86. The van der Waals surface area contributed by atoms with E-state index in [0.717, 1.165) is 17.8 Å². The average Bonchev–Trinajstić information content (AvgIpc) is 2.89. The molecule has 2 saturated heterocycles. The zero-order valence-electron chi connectivity index (χ0n) is 21.7. The van der Waals surface area contributed by atoms with Crippen molar-refractivity contribution in [2.75, 3.05) is 37.6 Å². The molecular formula is C29H34N4O4. The molecule has 1 aromatic heterocycles. The number of rotatable bonds is 4. The molecule has 3 heterocycles. The monoisotopic (exact) mass is 502 g/mol. The third-order valence-electron chi connectivity index (χ3n) is 7.57. The topological polar surface area (TPSA) is 94.9 Å². The van der Waals surface area contributed by atoms with E-state index in [1.165, 1.54) is 11.6 Å². The first-order valence-electron chi connectivity index (χ1n) is 13.0. The summed E-state index contributed by atoms with van der Waals surface area (Å²) in [5, 5.41) is 6.72. The predicted molar refractivity (Wildman–Crippen MR) is 144 cm³/mol. The Morgan fingerprint density at radius 1 is 1.03 bits per heavy atom. The average molecular weight is 503 g/mol. The molecule has 37 heavy (non-hydrogen) atoms. The van der Waals surface area contributed by atoms with E-state index in [9.17, 15) is 14.4 Å². The predicted octanol–water partition coefficient (Wildman–Crippen LogP) is 3.00. The summed E-state index contributed by atoms with van der Waals surface area (Å²) in [6.07, 6.45) is 0.947. The highest BCUT2D eigenvalue weighted by molar-refractivity contribution is 5.98. The van der Waals surface area contributed by atoms with Crippen LogP contribution in [-0.2, 0) is 4.79 Å². The molecule has 2 amide bonds. The second-order valence-corrected chi connectivity index (χ2v) is 10.4. The maximum Gasteiger partial charge on any atom is 0.288 e. The number of anilines is 1. The van der Waals surface area contributed by atoms with Crippen LogP contribution in [0.4, 0.5) is 5.69 Å². The maximum absolute atomic E-state index is 14.0. The highest BCUT2D eigenvalue weighted by Crippen LogP contribution is 2.27. The van der Waals surface area contributed by atoms with E-state index < -0.39 is 11.4 Å². The number of carbonyl (C=O) groups is 2. The summed E-state index contributed by atoms with van der Waals surface area (Å²) in [7, 11) is 0.